The predicted molar refractivity (Wildman–Crippen MR) is 97.5 cm³/mol. The van der Waals surface area contributed by atoms with Gasteiger partial charge in [-0.05, 0) is 32.9 Å². The SMILES string of the molecule is COC(=O)C(CCNC(=O)OC(C)(C)C)(OC(=O)c1ccccc1)C(=O)OC. The maximum absolute atomic E-state index is 12.4. The molecule has 0 aliphatic rings. The van der Waals surface area contributed by atoms with E-state index in [9.17, 15) is 19.2 Å². The Morgan fingerprint density at radius 1 is 0.893 bits per heavy atom. The summed E-state index contributed by atoms with van der Waals surface area (Å²) in [6.07, 6.45) is -1.17. The van der Waals surface area contributed by atoms with Crippen LogP contribution < -0.4 is 5.32 Å². The van der Waals surface area contributed by atoms with E-state index in [1.165, 1.54) is 12.1 Å². The molecule has 0 saturated heterocycles. The van der Waals surface area contributed by atoms with Crippen molar-refractivity contribution in [2.45, 2.75) is 38.4 Å². The fourth-order valence-corrected chi connectivity index (χ4v) is 2.20. The summed E-state index contributed by atoms with van der Waals surface area (Å²) in [5.41, 5.74) is -2.99. The summed E-state index contributed by atoms with van der Waals surface area (Å²) in [5, 5.41) is 2.40. The van der Waals surface area contributed by atoms with E-state index in [0.717, 1.165) is 14.2 Å². The molecule has 28 heavy (non-hydrogen) atoms. The summed E-state index contributed by atoms with van der Waals surface area (Å²) in [6.45, 7) is 4.82. The highest BCUT2D eigenvalue weighted by atomic mass is 16.6. The smallest absolute Gasteiger partial charge is 0.407 e. The number of hydrogen-bond donors (Lipinski definition) is 1. The van der Waals surface area contributed by atoms with Gasteiger partial charge >= 0.3 is 29.6 Å². The first-order chi connectivity index (χ1) is 13.1. The zero-order chi connectivity index (χ0) is 21.4. The second-order valence-corrected chi connectivity index (χ2v) is 6.74. The molecule has 9 nitrogen and oxygen atoms in total. The number of amides is 1. The van der Waals surface area contributed by atoms with Crippen LogP contribution in [0.25, 0.3) is 0 Å². The van der Waals surface area contributed by atoms with E-state index in [1.54, 1.807) is 39.0 Å². The van der Waals surface area contributed by atoms with Crippen LogP contribution in [0.2, 0.25) is 0 Å². The molecule has 154 valence electrons. The lowest BCUT2D eigenvalue weighted by molar-refractivity contribution is -0.181. The molecule has 0 saturated carbocycles. The Kier molecular flexibility index (Phi) is 7.97. The number of carbonyl (C=O) groups is 4. The molecular formula is C19H25NO8. The first kappa shape index (κ1) is 22.9. The number of nitrogens with one attached hydrogen (secondary N) is 1. The van der Waals surface area contributed by atoms with E-state index in [-0.39, 0.29) is 12.1 Å². The fraction of sp³-hybridized carbons (Fsp3) is 0.474. The zero-order valence-electron chi connectivity index (χ0n) is 16.6. The maximum Gasteiger partial charge on any atom is 0.407 e. The zero-order valence-corrected chi connectivity index (χ0v) is 16.6. The van der Waals surface area contributed by atoms with Gasteiger partial charge in [0, 0.05) is 13.0 Å². The third-order valence-electron chi connectivity index (χ3n) is 3.45. The van der Waals surface area contributed by atoms with Crippen molar-refractivity contribution >= 4 is 24.0 Å². The molecule has 0 unspecified atom stereocenters. The van der Waals surface area contributed by atoms with Gasteiger partial charge in [0.2, 0.25) is 0 Å². The normalized spacial score (nSPS) is 11.2. The van der Waals surface area contributed by atoms with Crippen molar-refractivity contribution in [2.75, 3.05) is 20.8 Å². The molecule has 0 bridgehead atoms. The minimum Gasteiger partial charge on any atom is -0.466 e. The third kappa shape index (κ3) is 6.26. The number of esters is 3. The standard InChI is InChI=1S/C19H25NO8/c1-18(2,3)28-17(24)20-12-11-19(15(22)25-4,16(23)26-5)27-14(21)13-9-7-6-8-10-13/h6-10H,11-12H2,1-5H3,(H,20,24). The molecule has 0 aliphatic heterocycles. The molecule has 0 fully saturated rings. The number of methoxy groups -OCH3 is 2. The molecule has 0 heterocycles. The molecule has 0 aromatic heterocycles. The van der Waals surface area contributed by atoms with Gasteiger partial charge in [-0.2, -0.15) is 0 Å². The highest BCUT2D eigenvalue weighted by Gasteiger charge is 2.52. The Bertz CT molecular complexity index is 692. The summed E-state index contributed by atoms with van der Waals surface area (Å²) >= 11 is 0. The Labute approximate surface area is 163 Å². The molecule has 9 heteroatoms. The lowest BCUT2D eigenvalue weighted by Gasteiger charge is -2.28. The van der Waals surface area contributed by atoms with Crippen molar-refractivity contribution in [2.24, 2.45) is 0 Å². The number of benzene rings is 1. The monoisotopic (exact) mass is 395 g/mol. The maximum atomic E-state index is 12.4. The highest BCUT2D eigenvalue weighted by Crippen LogP contribution is 2.23. The minimum absolute atomic E-state index is 0.125. The summed E-state index contributed by atoms with van der Waals surface area (Å²) < 4.78 is 19.6. The molecule has 1 amide bonds. The van der Waals surface area contributed by atoms with Crippen molar-refractivity contribution < 1.29 is 38.1 Å². The average molecular weight is 395 g/mol. The van der Waals surface area contributed by atoms with Crippen molar-refractivity contribution in [3.63, 3.8) is 0 Å². The van der Waals surface area contributed by atoms with Gasteiger partial charge in [-0.15, -0.1) is 0 Å². The second-order valence-electron chi connectivity index (χ2n) is 6.74. The molecule has 0 radical (unpaired) electrons. The van der Waals surface area contributed by atoms with E-state index in [1.807, 2.05) is 0 Å². The van der Waals surface area contributed by atoms with Crippen LogP contribution >= 0.6 is 0 Å². The van der Waals surface area contributed by atoms with Gasteiger partial charge in [0.15, 0.2) is 0 Å². The van der Waals surface area contributed by atoms with Crippen molar-refractivity contribution in [3.05, 3.63) is 35.9 Å². The van der Waals surface area contributed by atoms with Crippen LogP contribution in [-0.2, 0) is 28.5 Å². The molecule has 0 atom stereocenters. The molecular weight excluding hydrogens is 370 g/mol. The first-order valence-corrected chi connectivity index (χ1v) is 8.48. The molecule has 1 aromatic rings. The van der Waals surface area contributed by atoms with Crippen LogP contribution in [0, 0.1) is 0 Å². The van der Waals surface area contributed by atoms with Gasteiger partial charge in [-0.3, -0.25) is 0 Å². The molecule has 1 rings (SSSR count). The van der Waals surface area contributed by atoms with E-state index >= 15 is 0 Å². The minimum atomic E-state index is -2.38. The van der Waals surface area contributed by atoms with Gasteiger partial charge in [0.1, 0.15) is 5.60 Å². The van der Waals surface area contributed by atoms with E-state index in [0.29, 0.717) is 0 Å². The number of carbonyl (C=O) groups excluding carboxylic acids is 4. The Morgan fingerprint density at radius 3 is 1.89 bits per heavy atom. The van der Waals surface area contributed by atoms with Crippen LogP contribution in [0.4, 0.5) is 4.79 Å². The van der Waals surface area contributed by atoms with E-state index in [4.69, 9.17) is 9.47 Å². The molecule has 0 aliphatic carbocycles. The highest BCUT2D eigenvalue weighted by molar-refractivity contribution is 6.06. The predicted octanol–water partition coefficient (Wildman–Crippen LogP) is 1.84. The molecule has 0 spiro atoms. The van der Waals surface area contributed by atoms with Gasteiger partial charge < -0.3 is 24.3 Å². The fourth-order valence-electron chi connectivity index (χ4n) is 2.20. The Balaban J connectivity index is 3.03. The number of alkyl carbamates (subject to hydrolysis) is 1. The van der Waals surface area contributed by atoms with Gasteiger partial charge in [0.05, 0.1) is 19.8 Å². The van der Waals surface area contributed by atoms with Crippen LogP contribution in [-0.4, -0.2) is 56.0 Å². The van der Waals surface area contributed by atoms with Crippen molar-refractivity contribution in [1.82, 2.24) is 5.32 Å². The third-order valence-corrected chi connectivity index (χ3v) is 3.45. The topological polar surface area (TPSA) is 117 Å². The number of ether oxygens (including phenoxy) is 4. The number of rotatable bonds is 7. The summed E-state index contributed by atoms with van der Waals surface area (Å²) in [6, 6.07) is 7.80. The number of hydrogen-bond acceptors (Lipinski definition) is 8. The van der Waals surface area contributed by atoms with Gasteiger partial charge in [-0.25, -0.2) is 19.2 Å². The second kappa shape index (κ2) is 9.72. The first-order valence-electron chi connectivity index (χ1n) is 8.48. The van der Waals surface area contributed by atoms with E-state index < -0.39 is 41.6 Å². The van der Waals surface area contributed by atoms with Crippen LogP contribution in [0.3, 0.4) is 0 Å². The molecule has 1 aromatic carbocycles. The molecule has 1 N–H and O–H groups in total. The van der Waals surface area contributed by atoms with Crippen molar-refractivity contribution in [3.8, 4) is 0 Å². The Hall–Kier alpha value is -3.10. The summed E-state index contributed by atoms with van der Waals surface area (Å²) in [7, 11) is 2.08. The quantitative estimate of drug-likeness (QED) is 0.422. The average Bonchev–Trinajstić information content (AvgIpc) is 2.64. The largest absolute Gasteiger partial charge is 0.466 e. The summed E-state index contributed by atoms with van der Waals surface area (Å²) in [4.78, 5) is 49.0. The lowest BCUT2D eigenvalue weighted by Crippen LogP contribution is -2.53. The van der Waals surface area contributed by atoms with Crippen molar-refractivity contribution in [1.29, 1.82) is 0 Å². The van der Waals surface area contributed by atoms with Crippen LogP contribution in [0.15, 0.2) is 30.3 Å². The van der Waals surface area contributed by atoms with Gasteiger partial charge in [-0.1, -0.05) is 18.2 Å². The van der Waals surface area contributed by atoms with Crippen LogP contribution in [0.5, 0.6) is 0 Å². The van der Waals surface area contributed by atoms with E-state index in [2.05, 4.69) is 14.8 Å². The summed E-state index contributed by atoms with van der Waals surface area (Å²) in [5.74, 6) is -3.18. The lowest BCUT2D eigenvalue weighted by atomic mass is 9.99. The van der Waals surface area contributed by atoms with Crippen LogP contribution in [0.1, 0.15) is 37.6 Å². The van der Waals surface area contributed by atoms with Gasteiger partial charge in [0.25, 0.3) is 0 Å². The Morgan fingerprint density at radius 2 is 1.43 bits per heavy atom.